The molecule has 1 heterocycles. The summed E-state index contributed by atoms with van der Waals surface area (Å²) in [5.74, 6) is 0.699. The lowest BCUT2D eigenvalue weighted by atomic mass is 10.1. The van der Waals surface area contributed by atoms with Crippen molar-refractivity contribution in [2.45, 2.75) is 11.8 Å². The van der Waals surface area contributed by atoms with E-state index < -0.39 is 9.84 Å². The Morgan fingerprint density at radius 3 is 2.57 bits per heavy atom. The number of aryl methyl sites for hydroxylation is 1. The number of benzene rings is 2. The van der Waals surface area contributed by atoms with E-state index in [9.17, 15) is 8.42 Å². The average molecular weight is 321 g/mol. The van der Waals surface area contributed by atoms with Crippen LogP contribution in [0.4, 0.5) is 0 Å². The second-order valence-corrected chi connectivity index (χ2v) is 7.45. The van der Waals surface area contributed by atoms with Crippen LogP contribution in [0.1, 0.15) is 5.56 Å². The first-order chi connectivity index (χ1) is 9.84. The topological polar surface area (TPSA) is 62.8 Å². The molecule has 1 N–H and O–H groups in total. The van der Waals surface area contributed by atoms with Crippen LogP contribution >= 0.6 is 11.6 Å². The molecule has 0 aliphatic carbocycles. The first kappa shape index (κ1) is 14.1. The number of H-pyrrole nitrogens is 1. The Hall–Kier alpha value is -1.85. The van der Waals surface area contributed by atoms with Gasteiger partial charge in [-0.1, -0.05) is 11.6 Å². The van der Waals surface area contributed by atoms with Crippen molar-refractivity contribution >= 4 is 32.5 Å². The molecular weight excluding hydrogens is 308 g/mol. The molecule has 108 valence electrons. The van der Waals surface area contributed by atoms with Gasteiger partial charge in [-0.15, -0.1) is 0 Å². The molecule has 1 aromatic heterocycles. The van der Waals surface area contributed by atoms with Gasteiger partial charge in [0, 0.05) is 16.8 Å². The third kappa shape index (κ3) is 2.66. The van der Waals surface area contributed by atoms with Gasteiger partial charge in [0.25, 0.3) is 0 Å². The number of aromatic amines is 1. The Kier molecular flexibility index (Phi) is 3.26. The van der Waals surface area contributed by atoms with Crippen molar-refractivity contribution in [1.29, 1.82) is 0 Å². The van der Waals surface area contributed by atoms with Gasteiger partial charge in [0.1, 0.15) is 5.82 Å². The first-order valence-corrected chi connectivity index (χ1v) is 8.58. The minimum atomic E-state index is -3.23. The third-order valence-electron chi connectivity index (χ3n) is 3.33. The SMILES string of the molecule is Cc1cc(Cl)ccc1-c1nc2ccc(S(C)(=O)=O)cc2[nH]1. The fourth-order valence-electron chi connectivity index (χ4n) is 2.24. The summed E-state index contributed by atoms with van der Waals surface area (Å²) < 4.78 is 23.2. The molecule has 0 aliphatic rings. The fourth-order valence-corrected chi connectivity index (χ4v) is 3.11. The average Bonchev–Trinajstić information content (AvgIpc) is 2.79. The predicted octanol–water partition coefficient (Wildman–Crippen LogP) is 3.60. The lowest BCUT2D eigenvalue weighted by molar-refractivity contribution is 0.602. The van der Waals surface area contributed by atoms with Crippen LogP contribution < -0.4 is 0 Å². The highest BCUT2D eigenvalue weighted by Crippen LogP contribution is 2.26. The monoisotopic (exact) mass is 320 g/mol. The zero-order valence-electron chi connectivity index (χ0n) is 11.5. The van der Waals surface area contributed by atoms with E-state index in [1.54, 1.807) is 24.3 Å². The minimum Gasteiger partial charge on any atom is -0.338 e. The van der Waals surface area contributed by atoms with Crippen LogP contribution in [-0.4, -0.2) is 24.6 Å². The largest absolute Gasteiger partial charge is 0.338 e. The molecule has 2 aromatic carbocycles. The summed E-state index contributed by atoms with van der Waals surface area (Å²) in [7, 11) is -3.23. The number of aromatic nitrogens is 2. The number of nitrogens with one attached hydrogen (secondary N) is 1. The van der Waals surface area contributed by atoms with Crippen LogP contribution in [0, 0.1) is 6.92 Å². The van der Waals surface area contributed by atoms with Crippen LogP contribution in [0.15, 0.2) is 41.3 Å². The zero-order valence-corrected chi connectivity index (χ0v) is 13.1. The minimum absolute atomic E-state index is 0.276. The Labute approximate surface area is 127 Å². The molecule has 21 heavy (non-hydrogen) atoms. The van der Waals surface area contributed by atoms with Crippen LogP contribution in [0.3, 0.4) is 0 Å². The summed E-state index contributed by atoms with van der Waals surface area (Å²) in [4.78, 5) is 7.95. The van der Waals surface area contributed by atoms with Gasteiger partial charge in [-0.05, 0) is 48.9 Å². The number of sulfone groups is 1. The van der Waals surface area contributed by atoms with Crippen LogP contribution in [0.25, 0.3) is 22.4 Å². The van der Waals surface area contributed by atoms with Gasteiger partial charge < -0.3 is 4.98 Å². The van der Waals surface area contributed by atoms with E-state index in [0.29, 0.717) is 16.4 Å². The number of hydrogen-bond acceptors (Lipinski definition) is 3. The molecule has 0 saturated heterocycles. The van der Waals surface area contributed by atoms with E-state index in [2.05, 4.69) is 9.97 Å². The third-order valence-corrected chi connectivity index (χ3v) is 4.67. The van der Waals surface area contributed by atoms with E-state index in [1.165, 1.54) is 6.26 Å². The molecule has 0 aliphatic heterocycles. The fraction of sp³-hybridized carbons (Fsp3) is 0.133. The van der Waals surface area contributed by atoms with Crippen molar-refractivity contribution in [2.24, 2.45) is 0 Å². The van der Waals surface area contributed by atoms with Gasteiger partial charge in [0.05, 0.1) is 15.9 Å². The van der Waals surface area contributed by atoms with E-state index in [0.717, 1.165) is 16.6 Å². The quantitative estimate of drug-likeness (QED) is 0.784. The van der Waals surface area contributed by atoms with E-state index in [-0.39, 0.29) is 4.90 Å². The lowest BCUT2D eigenvalue weighted by Gasteiger charge is -2.02. The molecule has 6 heteroatoms. The van der Waals surface area contributed by atoms with Crippen molar-refractivity contribution in [3.8, 4) is 11.4 Å². The van der Waals surface area contributed by atoms with Crippen molar-refractivity contribution in [3.63, 3.8) is 0 Å². The van der Waals surface area contributed by atoms with Gasteiger partial charge >= 0.3 is 0 Å². The van der Waals surface area contributed by atoms with Crippen LogP contribution in [0.2, 0.25) is 5.02 Å². The Bertz CT molecular complexity index is 945. The number of imidazole rings is 1. The highest BCUT2D eigenvalue weighted by Gasteiger charge is 2.12. The molecular formula is C15H13ClN2O2S. The predicted molar refractivity (Wildman–Crippen MR) is 84.4 cm³/mol. The molecule has 0 amide bonds. The summed E-state index contributed by atoms with van der Waals surface area (Å²) >= 11 is 5.96. The molecule has 0 bridgehead atoms. The Morgan fingerprint density at radius 1 is 1.14 bits per heavy atom. The van der Waals surface area contributed by atoms with Gasteiger partial charge in [-0.2, -0.15) is 0 Å². The number of hydrogen-bond donors (Lipinski definition) is 1. The second kappa shape index (κ2) is 4.86. The maximum atomic E-state index is 11.6. The summed E-state index contributed by atoms with van der Waals surface area (Å²) in [6, 6.07) is 10.4. The van der Waals surface area contributed by atoms with Gasteiger partial charge in [-0.3, -0.25) is 0 Å². The highest BCUT2D eigenvalue weighted by molar-refractivity contribution is 7.90. The summed E-state index contributed by atoms with van der Waals surface area (Å²) in [6.45, 7) is 1.95. The second-order valence-electron chi connectivity index (χ2n) is 5.00. The van der Waals surface area contributed by atoms with Gasteiger partial charge in [-0.25, -0.2) is 13.4 Å². The Morgan fingerprint density at radius 2 is 1.90 bits per heavy atom. The first-order valence-electron chi connectivity index (χ1n) is 6.31. The summed E-state index contributed by atoms with van der Waals surface area (Å²) in [6.07, 6.45) is 1.19. The van der Waals surface area contributed by atoms with Crippen molar-refractivity contribution in [3.05, 3.63) is 47.0 Å². The molecule has 0 fully saturated rings. The standard InChI is InChI=1S/C15H13ClN2O2S/c1-9-7-10(16)3-5-12(9)15-17-13-6-4-11(21(2,19)20)8-14(13)18-15/h3-8H,1-2H3,(H,17,18). The molecule has 3 aromatic rings. The highest BCUT2D eigenvalue weighted by atomic mass is 35.5. The number of nitrogens with zero attached hydrogens (tertiary/aromatic N) is 1. The van der Waals surface area contributed by atoms with Crippen molar-refractivity contribution in [2.75, 3.05) is 6.26 Å². The zero-order chi connectivity index (χ0) is 15.2. The van der Waals surface area contributed by atoms with Gasteiger partial charge in [0.15, 0.2) is 9.84 Å². The van der Waals surface area contributed by atoms with Gasteiger partial charge in [0.2, 0.25) is 0 Å². The summed E-state index contributed by atoms with van der Waals surface area (Å²) in [5.41, 5.74) is 3.37. The van der Waals surface area contributed by atoms with Crippen LogP contribution in [0.5, 0.6) is 0 Å². The lowest BCUT2D eigenvalue weighted by Crippen LogP contribution is -1.96. The molecule has 3 rings (SSSR count). The van der Waals surface area contributed by atoms with E-state index >= 15 is 0 Å². The smallest absolute Gasteiger partial charge is 0.175 e. The van der Waals surface area contributed by atoms with Crippen molar-refractivity contribution in [1.82, 2.24) is 9.97 Å². The molecule has 4 nitrogen and oxygen atoms in total. The number of halogens is 1. The Balaban J connectivity index is 2.17. The molecule has 0 saturated carbocycles. The molecule has 0 spiro atoms. The van der Waals surface area contributed by atoms with E-state index in [1.807, 2.05) is 19.1 Å². The molecule has 0 unspecified atom stereocenters. The maximum Gasteiger partial charge on any atom is 0.175 e. The normalized spacial score (nSPS) is 12.0. The van der Waals surface area contributed by atoms with E-state index in [4.69, 9.17) is 11.6 Å². The summed E-state index contributed by atoms with van der Waals surface area (Å²) in [5, 5.41) is 0.673. The molecule has 0 atom stereocenters. The number of rotatable bonds is 2. The number of fused-ring (bicyclic) bond motifs is 1. The molecule has 0 radical (unpaired) electrons. The van der Waals surface area contributed by atoms with Crippen molar-refractivity contribution < 1.29 is 8.42 Å². The maximum absolute atomic E-state index is 11.6. The van der Waals surface area contributed by atoms with Crippen LogP contribution in [-0.2, 0) is 9.84 Å².